The highest BCUT2D eigenvalue weighted by molar-refractivity contribution is 7.99. The zero-order valence-electron chi connectivity index (χ0n) is 11.3. The molecule has 1 unspecified atom stereocenters. The van der Waals surface area contributed by atoms with E-state index in [1.807, 2.05) is 34.9 Å². The summed E-state index contributed by atoms with van der Waals surface area (Å²) in [5, 5.41) is 1.25. The van der Waals surface area contributed by atoms with Crippen molar-refractivity contribution in [3.8, 4) is 0 Å². The molecule has 1 aromatic carbocycles. The summed E-state index contributed by atoms with van der Waals surface area (Å²) >= 11 is 8.18. The van der Waals surface area contributed by atoms with Crippen molar-refractivity contribution in [3.63, 3.8) is 0 Å². The minimum atomic E-state index is 0.294. The monoisotopic (exact) mass is 297 g/mol. The highest BCUT2D eigenvalue weighted by Gasteiger charge is 2.22. The quantitative estimate of drug-likeness (QED) is 0.835. The lowest BCUT2D eigenvalue weighted by molar-refractivity contribution is -0.131. The minimum Gasteiger partial charge on any atom is -0.342 e. The second-order valence-electron chi connectivity index (χ2n) is 4.80. The van der Waals surface area contributed by atoms with E-state index in [9.17, 15) is 4.79 Å². The lowest BCUT2D eigenvalue weighted by Gasteiger charge is -2.20. The van der Waals surface area contributed by atoms with E-state index in [2.05, 4.69) is 13.0 Å². The van der Waals surface area contributed by atoms with E-state index in [4.69, 9.17) is 11.6 Å². The summed E-state index contributed by atoms with van der Waals surface area (Å²) < 4.78 is 0. The summed E-state index contributed by atoms with van der Waals surface area (Å²) in [6.07, 6.45) is 2.59. The summed E-state index contributed by atoms with van der Waals surface area (Å²) in [5.74, 6) is 1.29. The first kappa shape index (κ1) is 14.7. The highest BCUT2D eigenvalue weighted by atomic mass is 35.5. The number of rotatable bonds is 3. The maximum Gasteiger partial charge on any atom is 0.222 e. The van der Waals surface area contributed by atoms with Crippen LogP contribution in [-0.4, -0.2) is 29.6 Å². The van der Waals surface area contributed by atoms with Crippen LogP contribution in [0.3, 0.4) is 0 Å². The van der Waals surface area contributed by atoms with E-state index in [1.54, 1.807) is 0 Å². The van der Waals surface area contributed by atoms with Crippen molar-refractivity contribution in [1.29, 1.82) is 0 Å². The van der Waals surface area contributed by atoms with Gasteiger partial charge in [0.2, 0.25) is 5.91 Å². The largest absolute Gasteiger partial charge is 0.342 e. The van der Waals surface area contributed by atoms with Crippen LogP contribution in [0.5, 0.6) is 0 Å². The van der Waals surface area contributed by atoms with Crippen LogP contribution >= 0.6 is 23.4 Å². The molecule has 2 nitrogen and oxygen atoms in total. The molecule has 1 heterocycles. The molecule has 1 fully saturated rings. The Balaban J connectivity index is 2.01. The van der Waals surface area contributed by atoms with Crippen molar-refractivity contribution in [1.82, 2.24) is 4.90 Å². The van der Waals surface area contributed by atoms with Crippen LogP contribution in [0.4, 0.5) is 0 Å². The van der Waals surface area contributed by atoms with Gasteiger partial charge in [0, 0.05) is 35.5 Å². The molecule has 2 rings (SSSR count). The number of hydrogen-bond acceptors (Lipinski definition) is 2. The molecule has 0 aromatic heterocycles. The zero-order valence-corrected chi connectivity index (χ0v) is 12.8. The van der Waals surface area contributed by atoms with Gasteiger partial charge in [-0.15, -0.1) is 0 Å². The molecule has 1 atom stereocenters. The van der Waals surface area contributed by atoms with Crippen molar-refractivity contribution in [3.05, 3.63) is 34.9 Å². The van der Waals surface area contributed by atoms with E-state index < -0.39 is 0 Å². The summed E-state index contributed by atoms with van der Waals surface area (Å²) in [7, 11) is 0. The number of halogens is 1. The summed E-state index contributed by atoms with van der Waals surface area (Å²) in [6, 6.07) is 8.04. The minimum absolute atomic E-state index is 0.294. The Bertz CT molecular complexity index is 438. The molecule has 0 saturated carbocycles. The van der Waals surface area contributed by atoms with E-state index in [0.717, 1.165) is 36.7 Å². The van der Waals surface area contributed by atoms with Gasteiger partial charge in [0.15, 0.2) is 0 Å². The highest BCUT2D eigenvalue weighted by Crippen LogP contribution is 2.37. The van der Waals surface area contributed by atoms with Crippen molar-refractivity contribution < 1.29 is 4.79 Å². The zero-order chi connectivity index (χ0) is 13.7. The molecular weight excluding hydrogens is 278 g/mol. The van der Waals surface area contributed by atoms with Gasteiger partial charge in [-0.25, -0.2) is 0 Å². The normalized spacial score (nSPS) is 20.1. The van der Waals surface area contributed by atoms with Gasteiger partial charge in [-0.3, -0.25) is 4.79 Å². The van der Waals surface area contributed by atoms with Crippen molar-refractivity contribution in [2.24, 2.45) is 0 Å². The average molecular weight is 298 g/mol. The van der Waals surface area contributed by atoms with Gasteiger partial charge in [-0.05, 0) is 24.5 Å². The van der Waals surface area contributed by atoms with Gasteiger partial charge < -0.3 is 4.90 Å². The molecule has 1 aromatic rings. The molecule has 1 saturated heterocycles. The van der Waals surface area contributed by atoms with Crippen LogP contribution < -0.4 is 0 Å². The molecule has 104 valence electrons. The molecule has 0 aliphatic carbocycles. The van der Waals surface area contributed by atoms with E-state index >= 15 is 0 Å². The van der Waals surface area contributed by atoms with E-state index in [-0.39, 0.29) is 0 Å². The predicted molar refractivity (Wildman–Crippen MR) is 82.8 cm³/mol. The molecule has 1 aliphatic heterocycles. The molecular formula is C15H20ClNOS. The molecule has 0 spiro atoms. The Morgan fingerprint density at radius 3 is 2.95 bits per heavy atom. The van der Waals surface area contributed by atoms with E-state index in [0.29, 0.717) is 17.6 Å². The fraction of sp³-hybridized carbons (Fsp3) is 0.533. The molecule has 19 heavy (non-hydrogen) atoms. The fourth-order valence-corrected chi connectivity index (χ4v) is 3.98. The third kappa shape index (κ3) is 3.90. The molecule has 0 bridgehead atoms. The average Bonchev–Trinajstić information content (AvgIpc) is 2.65. The number of amides is 1. The summed E-state index contributed by atoms with van der Waals surface area (Å²) in [4.78, 5) is 14.0. The third-order valence-corrected chi connectivity index (χ3v) is 5.06. The van der Waals surface area contributed by atoms with Gasteiger partial charge >= 0.3 is 0 Å². The Labute approximate surface area is 124 Å². The number of carbonyl (C=O) groups excluding carboxylic acids is 1. The Kier molecular flexibility index (Phi) is 5.59. The number of carbonyl (C=O) groups is 1. The van der Waals surface area contributed by atoms with Crippen LogP contribution in [0.1, 0.15) is 37.0 Å². The molecule has 1 aliphatic rings. The summed E-state index contributed by atoms with van der Waals surface area (Å²) in [5.41, 5.74) is 1.21. The van der Waals surface area contributed by atoms with Gasteiger partial charge in [0.25, 0.3) is 0 Å². The van der Waals surface area contributed by atoms with Crippen molar-refractivity contribution >= 4 is 29.3 Å². The maximum absolute atomic E-state index is 12.0. The SMILES string of the molecule is CCCC(=O)N1CCSC(c2ccccc2Cl)CC1. The predicted octanol–water partition coefficient (Wildman–Crippen LogP) is 4.15. The van der Waals surface area contributed by atoms with Gasteiger partial charge in [0.1, 0.15) is 0 Å². The van der Waals surface area contributed by atoms with Gasteiger partial charge in [-0.2, -0.15) is 11.8 Å². The first-order chi connectivity index (χ1) is 9.22. The van der Waals surface area contributed by atoms with Gasteiger partial charge in [0.05, 0.1) is 0 Å². The van der Waals surface area contributed by atoms with Crippen LogP contribution in [0.15, 0.2) is 24.3 Å². The lowest BCUT2D eigenvalue weighted by Crippen LogP contribution is -2.32. The van der Waals surface area contributed by atoms with Crippen molar-refractivity contribution in [2.45, 2.75) is 31.4 Å². The van der Waals surface area contributed by atoms with Crippen LogP contribution in [0.2, 0.25) is 5.02 Å². The van der Waals surface area contributed by atoms with Crippen molar-refractivity contribution in [2.75, 3.05) is 18.8 Å². The third-order valence-electron chi connectivity index (χ3n) is 3.41. The molecule has 4 heteroatoms. The summed E-state index contributed by atoms with van der Waals surface area (Å²) in [6.45, 7) is 3.77. The van der Waals surface area contributed by atoms with Crippen LogP contribution in [-0.2, 0) is 4.79 Å². The molecule has 0 radical (unpaired) electrons. The standard InChI is InChI=1S/C15H20ClNOS/c1-2-5-15(18)17-9-8-14(19-11-10-17)12-6-3-4-7-13(12)16/h3-4,6-7,14H,2,5,8-11H2,1H3. The maximum atomic E-state index is 12.0. The number of hydrogen-bond donors (Lipinski definition) is 0. The topological polar surface area (TPSA) is 20.3 Å². The Hall–Kier alpha value is -0.670. The number of thioether (sulfide) groups is 1. The second kappa shape index (κ2) is 7.20. The van der Waals surface area contributed by atoms with Gasteiger partial charge in [-0.1, -0.05) is 36.7 Å². The first-order valence-electron chi connectivity index (χ1n) is 6.86. The number of nitrogens with zero attached hydrogens (tertiary/aromatic N) is 1. The number of benzene rings is 1. The molecule has 0 N–H and O–H groups in total. The molecule has 1 amide bonds. The fourth-order valence-electron chi connectivity index (χ4n) is 2.38. The van der Waals surface area contributed by atoms with E-state index in [1.165, 1.54) is 5.56 Å². The van der Waals surface area contributed by atoms with Crippen LogP contribution in [0, 0.1) is 0 Å². The lowest BCUT2D eigenvalue weighted by atomic mass is 10.1. The second-order valence-corrected chi connectivity index (χ2v) is 6.52. The Morgan fingerprint density at radius 1 is 1.42 bits per heavy atom. The Morgan fingerprint density at radius 2 is 2.21 bits per heavy atom. The first-order valence-corrected chi connectivity index (χ1v) is 8.29. The van der Waals surface area contributed by atoms with Crippen LogP contribution in [0.25, 0.3) is 0 Å². The smallest absolute Gasteiger partial charge is 0.222 e.